The molecule has 0 spiro atoms. The Hall–Kier alpha value is -2.59. The minimum Gasteiger partial charge on any atom is -0.393 e. The van der Waals surface area contributed by atoms with Crippen LogP contribution in [0.2, 0.25) is 0 Å². The van der Waals surface area contributed by atoms with Crippen LogP contribution < -0.4 is 11.1 Å². The van der Waals surface area contributed by atoms with E-state index in [1.54, 1.807) is 0 Å². The number of nitrogens with zero attached hydrogens (tertiary/aromatic N) is 4. The molecule has 1 aromatic carbocycles. The number of halogens is 1. The molecule has 1 fully saturated rings. The summed E-state index contributed by atoms with van der Waals surface area (Å²) in [5.74, 6) is -0.419. The smallest absolute Gasteiger partial charge is 0.295 e. The fourth-order valence-corrected chi connectivity index (χ4v) is 2.51. The first-order valence-corrected chi connectivity index (χ1v) is 6.95. The molecular formula is C13H15FN6O3. The van der Waals surface area contributed by atoms with E-state index in [9.17, 15) is 14.5 Å². The minimum absolute atomic E-state index is 0.0156. The highest BCUT2D eigenvalue weighted by Crippen LogP contribution is 2.34. The molecule has 2 heterocycles. The molecule has 3 rings (SSSR count). The van der Waals surface area contributed by atoms with Crippen LogP contribution in [0.25, 0.3) is 11.5 Å². The fourth-order valence-electron chi connectivity index (χ4n) is 2.51. The third kappa shape index (κ3) is 2.85. The number of likely N-dealkylation sites (N-methyl/N-ethyl adjacent to an activating group) is 1. The molecule has 10 heteroatoms. The fraction of sp³-hybridized carbons (Fsp3) is 0.385. The first-order chi connectivity index (χ1) is 11.0. The number of nitrogen functional groups attached to an aromatic ring is 1. The van der Waals surface area contributed by atoms with Crippen molar-refractivity contribution in [2.75, 3.05) is 32.4 Å². The molecule has 1 saturated heterocycles. The Bertz CT molecular complexity index is 749. The maximum absolute atomic E-state index is 13.6. The van der Waals surface area contributed by atoms with Gasteiger partial charge in [-0.2, -0.15) is 4.98 Å². The second kappa shape index (κ2) is 5.89. The molecule has 0 saturated carbocycles. The Morgan fingerprint density at radius 3 is 3.04 bits per heavy atom. The summed E-state index contributed by atoms with van der Waals surface area (Å²) in [7, 11) is 1.93. The summed E-state index contributed by atoms with van der Waals surface area (Å²) >= 11 is 0. The predicted octanol–water partition coefficient (Wildman–Crippen LogP) is 0.942. The van der Waals surface area contributed by atoms with Crippen molar-refractivity contribution in [3.63, 3.8) is 0 Å². The van der Waals surface area contributed by atoms with E-state index < -0.39 is 16.4 Å². The van der Waals surface area contributed by atoms with E-state index in [1.165, 1.54) is 0 Å². The van der Waals surface area contributed by atoms with Gasteiger partial charge in [0.05, 0.1) is 22.6 Å². The molecule has 23 heavy (non-hydrogen) atoms. The molecule has 0 radical (unpaired) electrons. The summed E-state index contributed by atoms with van der Waals surface area (Å²) < 4.78 is 18.7. The van der Waals surface area contributed by atoms with Crippen molar-refractivity contribution in [3.8, 4) is 11.5 Å². The van der Waals surface area contributed by atoms with Crippen LogP contribution in [-0.4, -0.2) is 46.6 Å². The third-order valence-electron chi connectivity index (χ3n) is 3.80. The van der Waals surface area contributed by atoms with Gasteiger partial charge >= 0.3 is 0 Å². The summed E-state index contributed by atoms with van der Waals surface area (Å²) in [4.78, 5) is 16.5. The average Bonchev–Trinajstić information content (AvgIpc) is 2.99. The zero-order chi connectivity index (χ0) is 16.6. The number of benzene rings is 1. The normalized spacial score (nSPS) is 19.0. The Morgan fingerprint density at radius 2 is 2.35 bits per heavy atom. The molecule has 0 amide bonds. The second-order valence-corrected chi connectivity index (χ2v) is 5.30. The molecule has 0 aliphatic carbocycles. The number of hydrogen-bond donors (Lipinski definition) is 2. The van der Waals surface area contributed by atoms with Crippen molar-refractivity contribution >= 4 is 11.4 Å². The van der Waals surface area contributed by atoms with Crippen LogP contribution in [0.4, 0.5) is 15.8 Å². The summed E-state index contributed by atoms with van der Waals surface area (Å²) in [6.07, 6.45) is 0. The molecule has 0 bridgehead atoms. The molecule has 1 unspecified atom stereocenters. The van der Waals surface area contributed by atoms with Crippen LogP contribution in [-0.2, 0) is 0 Å². The number of piperazine rings is 1. The van der Waals surface area contributed by atoms with Crippen molar-refractivity contribution in [1.82, 2.24) is 20.4 Å². The van der Waals surface area contributed by atoms with Crippen molar-refractivity contribution in [2.45, 2.75) is 6.04 Å². The standard InChI is InChI=1S/C13H15FN6O3/c1-19-3-2-16-6-10(19)12-17-13(23-18-12)8-4-7(14)5-9(11(8)15)20(21)22/h4-5,10,16H,2-3,6,15H2,1H3. The quantitative estimate of drug-likeness (QED) is 0.486. The van der Waals surface area contributed by atoms with Gasteiger partial charge in [-0.05, 0) is 13.1 Å². The van der Waals surface area contributed by atoms with Gasteiger partial charge in [0.2, 0.25) is 0 Å². The lowest BCUT2D eigenvalue weighted by atomic mass is 10.1. The number of anilines is 1. The Balaban J connectivity index is 1.99. The van der Waals surface area contributed by atoms with E-state index in [-0.39, 0.29) is 23.2 Å². The van der Waals surface area contributed by atoms with Gasteiger partial charge in [0.15, 0.2) is 5.82 Å². The Morgan fingerprint density at radius 1 is 1.57 bits per heavy atom. The molecular weight excluding hydrogens is 307 g/mol. The van der Waals surface area contributed by atoms with Gasteiger partial charge < -0.3 is 15.6 Å². The van der Waals surface area contributed by atoms with Gasteiger partial charge in [-0.25, -0.2) is 4.39 Å². The highest BCUT2D eigenvalue weighted by Gasteiger charge is 2.27. The number of rotatable bonds is 3. The van der Waals surface area contributed by atoms with Crippen molar-refractivity contribution in [3.05, 3.63) is 33.9 Å². The monoisotopic (exact) mass is 322 g/mol. The van der Waals surface area contributed by atoms with Crippen LogP contribution in [0.3, 0.4) is 0 Å². The molecule has 9 nitrogen and oxygen atoms in total. The summed E-state index contributed by atoms with van der Waals surface area (Å²) in [5, 5.41) is 18.0. The van der Waals surface area contributed by atoms with E-state index >= 15 is 0 Å². The summed E-state index contributed by atoms with van der Waals surface area (Å²) in [6, 6.07) is 1.71. The lowest BCUT2D eigenvalue weighted by molar-refractivity contribution is -0.384. The first kappa shape index (κ1) is 15.3. The van der Waals surface area contributed by atoms with Gasteiger partial charge in [0.25, 0.3) is 11.6 Å². The van der Waals surface area contributed by atoms with Gasteiger partial charge in [-0.15, -0.1) is 0 Å². The average molecular weight is 322 g/mol. The SMILES string of the molecule is CN1CCNCC1c1noc(-c2cc(F)cc([N+](=O)[O-])c2N)n1. The minimum atomic E-state index is -0.794. The van der Waals surface area contributed by atoms with Crippen LogP contribution in [0.1, 0.15) is 11.9 Å². The number of aromatic nitrogens is 2. The molecule has 1 aliphatic rings. The van der Waals surface area contributed by atoms with Crippen molar-refractivity contribution in [1.29, 1.82) is 0 Å². The highest BCUT2D eigenvalue weighted by atomic mass is 19.1. The first-order valence-electron chi connectivity index (χ1n) is 6.95. The van der Waals surface area contributed by atoms with E-state index in [0.717, 1.165) is 25.2 Å². The maximum Gasteiger partial charge on any atom is 0.295 e. The number of nitrogens with one attached hydrogen (secondary N) is 1. The van der Waals surface area contributed by atoms with Crippen LogP contribution in [0.15, 0.2) is 16.7 Å². The zero-order valence-electron chi connectivity index (χ0n) is 12.3. The Labute approximate surface area is 130 Å². The number of hydrogen-bond acceptors (Lipinski definition) is 8. The molecule has 3 N–H and O–H groups in total. The molecule has 1 atom stereocenters. The summed E-state index contributed by atoms with van der Waals surface area (Å²) in [6.45, 7) is 2.33. The van der Waals surface area contributed by atoms with Gasteiger partial charge in [-0.1, -0.05) is 5.16 Å². The number of nitrogens with two attached hydrogens (primary N) is 1. The van der Waals surface area contributed by atoms with Crippen LogP contribution in [0.5, 0.6) is 0 Å². The van der Waals surface area contributed by atoms with Gasteiger partial charge in [-0.3, -0.25) is 15.0 Å². The zero-order valence-corrected chi connectivity index (χ0v) is 12.3. The molecule has 122 valence electrons. The van der Waals surface area contributed by atoms with Crippen LogP contribution in [0, 0.1) is 15.9 Å². The Kier molecular flexibility index (Phi) is 3.92. The van der Waals surface area contributed by atoms with Gasteiger partial charge in [0.1, 0.15) is 11.5 Å². The lowest BCUT2D eigenvalue weighted by Gasteiger charge is -2.30. The molecule has 1 aromatic heterocycles. The maximum atomic E-state index is 13.6. The summed E-state index contributed by atoms with van der Waals surface area (Å²) in [5.41, 5.74) is 5.02. The largest absolute Gasteiger partial charge is 0.393 e. The van der Waals surface area contributed by atoms with E-state index in [0.29, 0.717) is 12.4 Å². The number of nitro benzene ring substituents is 1. The van der Waals surface area contributed by atoms with Gasteiger partial charge in [0, 0.05) is 19.6 Å². The topological polar surface area (TPSA) is 123 Å². The number of nitro groups is 1. The lowest BCUT2D eigenvalue weighted by Crippen LogP contribution is -2.44. The molecule has 1 aliphatic heterocycles. The van der Waals surface area contributed by atoms with E-state index in [1.807, 2.05) is 7.05 Å². The van der Waals surface area contributed by atoms with Crippen molar-refractivity contribution < 1.29 is 13.8 Å². The van der Waals surface area contributed by atoms with E-state index in [2.05, 4.69) is 20.4 Å². The van der Waals surface area contributed by atoms with E-state index in [4.69, 9.17) is 10.3 Å². The predicted molar refractivity (Wildman–Crippen MR) is 79.0 cm³/mol. The highest BCUT2D eigenvalue weighted by molar-refractivity contribution is 5.78. The van der Waals surface area contributed by atoms with Crippen LogP contribution >= 0.6 is 0 Å². The van der Waals surface area contributed by atoms with Crippen molar-refractivity contribution in [2.24, 2.45) is 0 Å². The third-order valence-corrected chi connectivity index (χ3v) is 3.80. The molecule has 2 aromatic rings. The second-order valence-electron chi connectivity index (χ2n) is 5.30.